The van der Waals surface area contributed by atoms with Crippen LogP contribution in [0.15, 0.2) is 30.0 Å². The van der Waals surface area contributed by atoms with E-state index in [9.17, 15) is 0 Å². The third-order valence-corrected chi connectivity index (χ3v) is 4.43. The molecule has 102 valence electrons. The molecule has 2 aliphatic rings. The Hall–Kier alpha value is -1.28. The quantitative estimate of drug-likeness (QED) is 0.754. The largest absolute Gasteiger partial charge is 0.349 e. The van der Waals surface area contributed by atoms with Crippen molar-refractivity contribution in [2.24, 2.45) is 5.92 Å². The fourth-order valence-corrected chi connectivity index (χ4v) is 3.78. The molecule has 3 rings (SSSR count). The third-order valence-electron chi connectivity index (χ3n) is 4.43. The van der Waals surface area contributed by atoms with Gasteiger partial charge in [0.15, 0.2) is 5.72 Å². The Morgan fingerprint density at radius 3 is 2.58 bits per heavy atom. The number of ether oxygens (including phenoxy) is 1. The lowest BCUT2D eigenvalue weighted by atomic mass is 9.82. The molecule has 0 bridgehead atoms. The van der Waals surface area contributed by atoms with Gasteiger partial charge in [0.1, 0.15) is 0 Å². The molecule has 2 heteroatoms. The first kappa shape index (κ1) is 12.7. The van der Waals surface area contributed by atoms with Gasteiger partial charge in [-0.3, -0.25) is 0 Å². The van der Waals surface area contributed by atoms with Gasteiger partial charge in [-0.15, -0.1) is 0 Å². The van der Waals surface area contributed by atoms with Crippen LogP contribution in [0.25, 0.3) is 6.08 Å². The first-order chi connectivity index (χ1) is 8.89. The minimum Gasteiger partial charge on any atom is -0.349 e. The number of allylic oxidation sites excluding steroid dienone is 1. The van der Waals surface area contributed by atoms with E-state index in [4.69, 9.17) is 4.74 Å². The predicted octanol–water partition coefficient (Wildman–Crippen LogP) is 3.98. The van der Waals surface area contributed by atoms with Crippen molar-refractivity contribution in [2.75, 3.05) is 6.61 Å². The molecule has 0 spiro atoms. The molecule has 1 saturated heterocycles. The van der Waals surface area contributed by atoms with Gasteiger partial charge in [-0.05, 0) is 32.4 Å². The summed E-state index contributed by atoms with van der Waals surface area (Å²) in [5.41, 5.74) is 3.64. The van der Waals surface area contributed by atoms with Crippen LogP contribution in [0.5, 0.6) is 0 Å². The van der Waals surface area contributed by atoms with Crippen molar-refractivity contribution in [3.8, 4) is 0 Å². The van der Waals surface area contributed by atoms with Gasteiger partial charge in [-0.1, -0.05) is 38.1 Å². The maximum absolute atomic E-state index is 6.40. The molecule has 0 saturated carbocycles. The molecule has 19 heavy (non-hydrogen) atoms. The summed E-state index contributed by atoms with van der Waals surface area (Å²) < 4.78 is 6.40. The Labute approximate surface area is 116 Å². The molecule has 2 nitrogen and oxygen atoms in total. The fraction of sp³-hybridized carbons (Fsp3) is 0.529. The molecule has 0 aromatic heterocycles. The van der Waals surface area contributed by atoms with E-state index in [1.165, 1.54) is 16.8 Å². The zero-order chi connectivity index (χ0) is 13.8. The Bertz CT molecular complexity index is 544. The monoisotopic (exact) mass is 257 g/mol. The summed E-state index contributed by atoms with van der Waals surface area (Å²) >= 11 is 0. The summed E-state index contributed by atoms with van der Waals surface area (Å²) in [6.07, 6.45) is 2.28. The molecule has 1 fully saturated rings. The number of nitrogens with zero attached hydrogens (tertiary/aromatic N) is 1. The van der Waals surface area contributed by atoms with Crippen molar-refractivity contribution in [2.45, 2.75) is 45.9 Å². The Morgan fingerprint density at radius 2 is 1.89 bits per heavy atom. The van der Waals surface area contributed by atoms with Crippen molar-refractivity contribution in [3.63, 3.8) is 0 Å². The lowest BCUT2D eigenvalue weighted by molar-refractivity contribution is -0.118. The maximum Gasteiger partial charge on any atom is 0.170 e. The standard InChI is InChI=1S/C17H23NO/c1-12(2)17-15-9-7-6-8-14(15)10-13(3)18(17)16(4,5)11-19-17/h6-10,12H,11H2,1-5H3. The molecule has 1 atom stereocenters. The van der Waals surface area contributed by atoms with Crippen molar-refractivity contribution >= 4 is 6.08 Å². The number of benzene rings is 1. The van der Waals surface area contributed by atoms with E-state index < -0.39 is 0 Å². The van der Waals surface area contributed by atoms with E-state index in [1.807, 2.05) is 0 Å². The molecule has 1 unspecified atom stereocenters. The second-order valence-corrected chi connectivity index (χ2v) is 6.66. The van der Waals surface area contributed by atoms with E-state index in [1.54, 1.807) is 0 Å². The van der Waals surface area contributed by atoms with Gasteiger partial charge in [-0.25, -0.2) is 0 Å². The minimum absolute atomic E-state index is 0.0401. The summed E-state index contributed by atoms with van der Waals surface area (Å²) in [6, 6.07) is 8.62. The molecule has 2 aliphatic heterocycles. The molecule has 0 aliphatic carbocycles. The van der Waals surface area contributed by atoms with Gasteiger partial charge in [0.2, 0.25) is 0 Å². The highest BCUT2D eigenvalue weighted by Crippen LogP contribution is 2.52. The normalized spacial score (nSPS) is 28.1. The van der Waals surface area contributed by atoms with Crippen LogP contribution in [0.2, 0.25) is 0 Å². The summed E-state index contributed by atoms with van der Waals surface area (Å²) in [5, 5.41) is 0. The van der Waals surface area contributed by atoms with Crippen LogP contribution >= 0.6 is 0 Å². The summed E-state index contributed by atoms with van der Waals surface area (Å²) in [7, 11) is 0. The second kappa shape index (κ2) is 3.86. The van der Waals surface area contributed by atoms with E-state index >= 15 is 0 Å². The lowest BCUT2D eigenvalue weighted by Gasteiger charge is -2.49. The first-order valence-corrected chi connectivity index (χ1v) is 7.12. The van der Waals surface area contributed by atoms with Crippen molar-refractivity contribution in [1.82, 2.24) is 4.90 Å². The number of hydrogen-bond donors (Lipinski definition) is 0. The maximum atomic E-state index is 6.40. The number of hydrogen-bond acceptors (Lipinski definition) is 2. The molecular formula is C17H23NO. The van der Waals surface area contributed by atoms with Crippen LogP contribution < -0.4 is 0 Å². The average Bonchev–Trinajstić information content (AvgIpc) is 2.64. The first-order valence-electron chi connectivity index (χ1n) is 7.12. The Kier molecular flexibility index (Phi) is 2.59. The summed E-state index contributed by atoms with van der Waals surface area (Å²) in [5.74, 6) is 0.402. The molecule has 0 radical (unpaired) electrons. The van der Waals surface area contributed by atoms with Crippen LogP contribution in [0.4, 0.5) is 0 Å². The van der Waals surface area contributed by atoms with Crippen molar-refractivity contribution in [1.29, 1.82) is 0 Å². The van der Waals surface area contributed by atoms with Gasteiger partial charge >= 0.3 is 0 Å². The highest BCUT2D eigenvalue weighted by molar-refractivity contribution is 5.61. The van der Waals surface area contributed by atoms with Gasteiger partial charge < -0.3 is 9.64 Å². The van der Waals surface area contributed by atoms with E-state index in [-0.39, 0.29) is 11.3 Å². The van der Waals surface area contributed by atoms with Crippen molar-refractivity contribution < 1.29 is 4.74 Å². The van der Waals surface area contributed by atoms with Gasteiger partial charge in [0.25, 0.3) is 0 Å². The topological polar surface area (TPSA) is 12.5 Å². The van der Waals surface area contributed by atoms with Crippen molar-refractivity contribution in [3.05, 3.63) is 41.1 Å². The molecular weight excluding hydrogens is 234 g/mol. The third kappa shape index (κ3) is 1.53. The van der Waals surface area contributed by atoms with Crippen LogP contribution in [0, 0.1) is 5.92 Å². The smallest absolute Gasteiger partial charge is 0.170 e. The zero-order valence-electron chi connectivity index (χ0n) is 12.5. The van der Waals surface area contributed by atoms with E-state index in [0.29, 0.717) is 5.92 Å². The van der Waals surface area contributed by atoms with E-state index in [2.05, 4.69) is 69.9 Å². The Morgan fingerprint density at radius 1 is 1.21 bits per heavy atom. The van der Waals surface area contributed by atoms with Crippen LogP contribution in [0.3, 0.4) is 0 Å². The average molecular weight is 257 g/mol. The van der Waals surface area contributed by atoms with Crippen LogP contribution in [-0.2, 0) is 10.5 Å². The molecule has 0 N–H and O–H groups in total. The summed E-state index contributed by atoms with van der Waals surface area (Å²) in [4.78, 5) is 2.48. The van der Waals surface area contributed by atoms with Crippen LogP contribution in [0.1, 0.15) is 45.7 Å². The molecule has 1 aromatic carbocycles. The molecule has 1 aromatic rings. The number of fused-ring (bicyclic) bond motifs is 3. The SMILES string of the molecule is CC1=Cc2ccccc2C2(C(C)C)OCC(C)(C)N12. The minimum atomic E-state index is -0.307. The summed E-state index contributed by atoms with van der Waals surface area (Å²) in [6.45, 7) is 12.0. The molecule has 2 heterocycles. The number of rotatable bonds is 1. The van der Waals surface area contributed by atoms with Gasteiger partial charge in [0.05, 0.1) is 12.1 Å². The Balaban J connectivity index is 2.29. The zero-order valence-corrected chi connectivity index (χ0v) is 12.5. The van der Waals surface area contributed by atoms with Gasteiger partial charge in [-0.2, -0.15) is 0 Å². The second-order valence-electron chi connectivity index (χ2n) is 6.66. The fourth-order valence-electron chi connectivity index (χ4n) is 3.78. The van der Waals surface area contributed by atoms with E-state index in [0.717, 1.165) is 6.61 Å². The predicted molar refractivity (Wildman–Crippen MR) is 78.5 cm³/mol. The molecule has 0 amide bonds. The van der Waals surface area contributed by atoms with Gasteiger partial charge in [0, 0.05) is 17.2 Å². The highest BCUT2D eigenvalue weighted by atomic mass is 16.5. The highest BCUT2D eigenvalue weighted by Gasteiger charge is 2.56. The van der Waals surface area contributed by atoms with Crippen LogP contribution in [-0.4, -0.2) is 17.0 Å². The lowest BCUT2D eigenvalue weighted by Crippen LogP contribution is -2.53.